The van der Waals surface area contributed by atoms with E-state index in [9.17, 15) is 9.59 Å². The van der Waals surface area contributed by atoms with Crippen molar-refractivity contribution in [2.75, 3.05) is 13.1 Å². The highest BCUT2D eigenvalue weighted by molar-refractivity contribution is 5.74. The number of hydrogen-bond donors (Lipinski definition) is 2. The highest BCUT2D eigenvalue weighted by Gasteiger charge is 2.25. The maximum atomic E-state index is 12.3. The predicted molar refractivity (Wildman–Crippen MR) is 81.2 cm³/mol. The first-order valence-corrected chi connectivity index (χ1v) is 8.42. The van der Waals surface area contributed by atoms with Gasteiger partial charge in [0.1, 0.15) is 0 Å². The lowest BCUT2D eigenvalue weighted by Gasteiger charge is -2.33. The fourth-order valence-electron chi connectivity index (χ4n) is 3.45. The molecular formula is C16H28N2O3. The Kier molecular flexibility index (Phi) is 6.33. The van der Waals surface area contributed by atoms with E-state index in [1.54, 1.807) is 0 Å². The lowest BCUT2D eigenvalue weighted by atomic mass is 9.93. The monoisotopic (exact) mass is 296 g/mol. The standard InChI is InChI=1S/C16H28N2O3/c19-15(20)12-13-8-10-18(11-9-13)16(21)17-14-6-4-2-1-3-5-7-14/h13-14H,1-12H2,(H,17,21)(H,19,20). The molecule has 1 saturated carbocycles. The number of carboxylic acids is 1. The van der Waals surface area contributed by atoms with Crippen molar-refractivity contribution in [3.63, 3.8) is 0 Å². The Hall–Kier alpha value is -1.26. The zero-order valence-electron chi connectivity index (χ0n) is 12.9. The summed E-state index contributed by atoms with van der Waals surface area (Å²) in [6.07, 6.45) is 10.4. The molecule has 21 heavy (non-hydrogen) atoms. The normalized spacial score (nSPS) is 22.4. The molecule has 0 atom stereocenters. The molecule has 0 spiro atoms. The van der Waals surface area contributed by atoms with Crippen LogP contribution in [0.1, 0.15) is 64.2 Å². The van der Waals surface area contributed by atoms with E-state index in [0.29, 0.717) is 19.1 Å². The van der Waals surface area contributed by atoms with Gasteiger partial charge in [0, 0.05) is 25.6 Å². The molecule has 5 heteroatoms. The largest absolute Gasteiger partial charge is 0.481 e. The molecule has 5 nitrogen and oxygen atoms in total. The van der Waals surface area contributed by atoms with E-state index in [0.717, 1.165) is 25.7 Å². The zero-order chi connectivity index (χ0) is 15.1. The van der Waals surface area contributed by atoms with Gasteiger partial charge in [0.25, 0.3) is 0 Å². The Balaban J connectivity index is 1.72. The minimum atomic E-state index is -0.729. The summed E-state index contributed by atoms with van der Waals surface area (Å²) in [4.78, 5) is 24.9. The summed E-state index contributed by atoms with van der Waals surface area (Å²) in [5.41, 5.74) is 0. The highest BCUT2D eigenvalue weighted by atomic mass is 16.4. The summed E-state index contributed by atoms with van der Waals surface area (Å²) >= 11 is 0. The number of hydrogen-bond acceptors (Lipinski definition) is 2. The van der Waals surface area contributed by atoms with Crippen LogP contribution in [-0.2, 0) is 4.79 Å². The van der Waals surface area contributed by atoms with Crippen molar-refractivity contribution < 1.29 is 14.7 Å². The lowest BCUT2D eigenvalue weighted by molar-refractivity contribution is -0.138. The number of likely N-dealkylation sites (tertiary alicyclic amines) is 1. The number of carboxylic acid groups (broad SMARTS) is 1. The molecular weight excluding hydrogens is 268 g/mol. The maximum Gasteiger partial charge on any atom is 0.317 e. The van der Waals surface area contributed by atoms with E-state index < -0.39 is 5.97 Å². The van der Waals surface area contributed by atoms with Crippen molar-refractivity contribution in [1.29, 1.82) is 0 Å². The van der Waals surface area contributed by atoms with Gasteiger partial charge in [-0.15, -0.1) is 0 Å². The molecule has 0 bridgehead atoms. The van der Waals surface area contributed by atoms with Crippen molar-refractivity contribution in [2.45, 2.75) is 70.3 Å². The van der Waals surface area contributed by atoms with Crippen LogP contribution in [0, 0.1) is 5.92 Å². The number of nitrogens with zero attached hydrogens (tertiary/aromatic N) is 1. The first-order chi connectivity index (χ1) is 10.1. The summed E-state index contributed by atoms with van der Waals surface area (Å²) in [5, 5.41) is 12.0. The molecule has 0 aromatic carbocycles. The van der Waals surface area contributed by atoms with Crippen LogP contribution in [0.2, 0.25) is 0 Å². The lowest BCUT2D eigenvalue weighted by Crippen LogP contribution is -2.48. The molecule has 0 unspecified atom stereocenters. The van der Waals surface area contributed by atoms with Gasteiger partial charge in [-0.1, -0.05) is 32.1 Å². The van der Waals surface area contributed by atoms with Crippen LogP contribution >= 0.6 is 0 Å². The third-order valence-corrected chi connectivity index (χ3v) is 4.80. The van der Waals surface area contributed by atoms with Crippen LogP contribution in [0.5, 0.6) is 0 Å². The summed E-state index contributed by atoms with van der Waals surface area (Å²) in [5.74, 6) is -0.500. The second kappa shape index (κ2) is 8.25. The molecule has 0 aromatic heterocycles. The number of nitrogens with one attached hydrogen (secondary N) is 1. The number of aliphatic carboxylic acids is 1. The van der Waals surface area contributed by atoms with Crippen LogP contribution in [0.3, 0.4) is 0 Å². The fraction of sp³-hybridized carbons (Fsp3) is 0.875. The van der Waals surface area contributed by atoms with Gasteiger partial charge in [-0.2, -0.15) is 0 Å². The number of rotatable bonds is 3. The summed E-state index contributed by atoms with van der Waals surface area (Å²) < 4.78 is 0. The van der Waals surface area contributed by atoms with Crippen LogP contribution in [-0.4, -0.2) is 41.1 Å². The molecule has 2 amide bonds. The van der Waals surface area contributed by atoms with Crippen molar-refractivity contribution in [3.8, 4) is 0 Å². The Morgan fingerprint density at radius 2 is 1.52 bits per heavy atom. The van der Waals surface area contributed by atoms with Gasteiger partial charge < -0.3 is 15.3 Å². The maximum absolute atomic E-state index is 12.3. The second-order valence-corrected chi connectivity index (χ2v) is 6.52. The SMILES string of the molecule is O=C(O)CC1CCN(C(=O)NC2CCCCCCC2)CC1. The summed E-state index contributed by atoms with van der Waals surface area (Å²) in [6.45, 7) is 1.38. The topological polar surface area (TPSA) is 69.6 Å². The third-order valence-electron chi connectivity index (χ3n) is 4.80. The Labute approximate surface area is 127 Å². The number of amides is 2. The highest BCUT2D eigenvalue weighted by Crippen LogP contribution is 2.21. The number of carbonyl (C=O) groups is 2. The molecule has 1 aliphatic heterocycles. The Morgan fingerprint density at radius 1 is 0.952 bits per heavy atom. The molecule has 2 rings (SSSR count). The zero-order valence-corrected chi connectivity index (χ0v) is 12.9. The van der Waals surface area contributed by atoms with Crippen molar-refractivity contribution in [3.05, 3.63) is 0 Å². The fourth-order valence-corrected chi connectivity index (χ4v) is 3.45. The van der Waals surface area contributed by atoms with Gasteiger partial charge in [-0.3, -0.25) is 4.79 Å². The Morgan fingerprint density at radius 3 is 2.10 bits per heavy atom. The molecule has 120 valence electrons. The Bertz CT molecular complexity index is 343. The molecule has 2 fully saturated rings. The van der Waals surface area contributed by atoms with Crippen LogP contribution in [0.15, 0.2) is 0 Å². The van der Waals surface area contributed by atoms with Crippen molar-refractivity contribution in [1.82, 2.24) is 10.2 Å². The van der Waals surface area contributed by atoms with E-state index in [-0.39, 0.29) is 18.4 Å². The smallest absolute Gasteiger partial charge is 0.317 e. The van der Waals surface area contributed by atoms with E-state index in [1.165, 1.54) is 32.1 Å². The second-order valence-electron chi connectivity index (χ2n) is 6.52. The molecule has 1 heterocycles. The van der Waals surface area contributed by atoms with Crippen molar-refractivity contribution >= 4 is 12.0 Å². The van der Waals surface area contributed by atoms with Crippen molar-refractivity contribution in [2.24, 2.45) is 5.92 Å². The van der Waals surface area contributed by atoms with Gasteiger partial charge in [-0.05, 0) is 31.6 Å². The number of carbonyl (C=O) groups excluding carboxylic acids is 1. The van der Waals surface area contributed by atoms with E-state index in [4.69, 9.17) is 5.11 Å². The molecule has 2 N–H and O–H groups in total. The minimum absolute atomic E-state index is 0.0503. The first kappa shape index (κ1) is 16.1. The summed E-state index contributed by atoms with van der Waals surface area (Å²) in [7, 11) is 0. The predicted octanol–water partition coefficient (Wildman–Crippen LogP) is 3.00. The van der Waals surface area contributed by atoms with Gasteiger partial charge in [0.15, 0.2) is 0 Å². The molecule has 0 radical (unpaired) electrons. The molecule has 1 saturated heterocycles. The number of urea groups is 1. The van der Waals surface area contributed by atoms with Gasteiger partial charge in [0.05, 0.1) is 0 Å². The quantitative estimate of drug-likeness (QED) is 0.841. The van der Waals surface area contributed by atoms with E-state index in [2.05, 4.69) is 5.32 Å². The van der Waals surface area contributed by atoms with Crippen LogP contribution < -0.4 is 5.32 Å². The first-order valence-electron chi connectivity index (χ1n) is 8.42. The third kappa shape index (κ3) is 5.56. The minimum Gasteiger partial charge on any atom is -0.481 e. The molecule has 1 aliphatic carbocycles. The average Bonchev–Trinajstić information content (AvgIpc) is 2.41. The number of piperidine rings is 1. The van der Waals surface area contributed by atoms with E-state index in [1.807, 2.05) is 4.90 Å². The molecule has 0 aromatic rings. The van der Waals surface area contributed by atoms with Gasteiger partial charge in [-0.25, -0.2) is 4.79 Å². The van der Waals surface area contributed by atoms with Gasteiger partial charge >= 0.3 is 12.0 Å². The molecule has 2 aliphatic rings. The van der Waals surface area contributed by atoms with Gasteiger partial charge in [0.2, 0.25) is 0 Å². The van der Waals surface area contributed by atoms with Crippen LogP contribution in [0.25, 0.3) is 0 Å². The van der Waals surface area contributed by atoms with Crippen LogP contribution in [0.4, 0.5) is 4.79 Å². The summed E-state index contributed by atoms with van der Waals surface area (Å²) in [6, 6.07) is 0.379. The van der Waals surface area contributed by atoms with E-state index >= 15 is 0 Å². The average molecular weight is 296 g/mol.